The minimum absolute atomic E-state index is 1.10. The third-order valence-corrected chi connectivity index (χ3v) is 12.6. The van der Waals surface area contributed by atoms with Crippen LogP contribution in [-0.4, -0.2) is 0 Å². The number of para-hydroxylation sites is 1. The van der Waals surface area contributed by atoms with Gasteiger partial charge in [-0.2, -0.15) is 0 Å². The summed E-state index contributed by atoms with van der Waals surface area (Å²) in [6.45, 7) is 0. The highest BCUT2D eigenvalue weighted by molar-refractivity contribution is 7.25. The SMILES string of the molecule is c1cc(-c2ccc(N(c3ccc(-c4cccc5sc6ccccc6c45)cc3)c3ccccc3-c3cccc4ccccc34)cc2)cc(-c2cccc3ccccc23)c1. The van der Waals surface area contributed by atoms with Crippen LogP contribution in [0.3, 0.4) is 0 Å². The molecule has 0 aliphatic carbocycles. The molecule has 0 atom stereocenters. The van der Waals surface area contributed by atoms with E-state index in [1.807, 2.05) is 11.3 Å². The minimum atomic E-state index is 1.10. The molecule has 272 valence electrons. The Kier molecular flexibility index (Phi) is 8.42. The van der Waals surface area contributed by atoms with Crippen LogP contribution >= 0.6 is 11.3 Å². The summed E-state index contributed by atoms with van der Waals surface area (Å²) in [4.78, 5) is 2.41. The standard InChI is InChI=1S/C56H37NS/c1-3-19-46-39(13-1)15-10-23-48(46)43-18-9-17-42(37-43)38-29-33-44(34-30-38)57(53-26-7-5-21-51(53)50-25-11-16-40-14-2-4-20-47(40)50)45-35-31-41(32-36-45)49-24-12-28-55-56(49)52-22-6-8-27-54(52)58-55/h1-37H. The van der Waals surface area contributed by atoms with E-state index < -0.39 is 0 Å². The molecule has 2 heteroatoms. The summed E-state index contributed by atoms with van der Waals surface area (Å²) in [5.41, 5.74) is 13.0. The first-order valence-electron chi connectivity index (χ1n) is 19.8. The molecule has 0 fully saturated rings. The fraction of sp³-hybridized carbons (Fsp3) is 0. The van der Waals surface area contributed by atoms with Gasteiger partial charge in [0.1, 0.15) is 0 Å². The predicted octanol–water partition coefficient (Wildman–Crippen LogP) is 16.5. The van der Waals surface area contributed by atoms with Gasteiger partial charge in [0.25, 0.3) is 0 Å². The Balaban J connectivity index is 1.03. The lowest BCUT2D eigenvalue weighted by Crippen LogP contribution is -2.11. The molecule has 11 aromatic rings. The van der Waals surface area contributed by atoms with E-state index in [1.165, 1.54) is 86.2 Å². The van der Waals surface area contributed by atoms with Crippen LogP contribution in [0.25, 0.3) is 86.2 Å². The normalized spacial score (nSPS) is 11.4. The van der Waals surface area contributed by atoms with Crippen LogP contribution in [-0.2, 0) is 0 Å². The molecule has 0 unspecified atom stereocenters. The maximum absolute atomic E-state index is 2.41. The van der Waals surface area contributed by atoms with Crippen LogP contribution in [0.4, 0.5) is 17.1 Å². The average molecular weight is 756 g/mol. The fourth-order valence-corrected chi connectivity index (χ4v) is 9.87. The highest BCUT2D eigenvalue weighted by Gasteiger charge is 2.19. The van der Waals surface area contributed by atoms with Crippen molar-refractivity contribution in [1.29, 1.82) is 0 Å². The minimum Gasteiger partial charge on any atom is -0.310 e. The summed E-state index contributed by atoms with van der Waals surface area (Å²) in [6, 6.07) is 81.9. The Morgan fingerprint density at radius 3 is 1.55 bits per heavy atom. The van der Waals surface area contributed by atoms with E-state index in [0.717, 1.165) is 17.1 Å². The fourth-order valence-electron chi connectivity index (χ4n) is 8.74. The summed E-state index contributed by atoms with van der Waals surface area (Å²) < 4.78 is 2.64. The molecule has 0 N–H and O–H groups in total. The van der Waals surface area contributed by atoms with Gasteiger partial charge >= 0.3 is 0 Å². The van der Waals surface area contributed by atoms with E-state index in [2.05, 4.69) is 229 Å². The van der Waals surface area contributed by atoms with E-state index in [1.54, 1.807) is 0 Å². The molecular formula is C56H37NS. The zero-order chi connectivity index (χ0) is 38.4. The van der Waals surface area contributed by atoms with Crippen molar-refractivity contribution in [2.45, 2.75) is 0 Å². The predicted molar refractivity (Wildman–Crippen MR) is 251 cm³/mol. The Morgan fingerprint density at radius 1 is 0.293 bits per heavy atom. The van der Waals surface area contributed by atoms with Gasteiger partial charge in [-0.05, 0) is 109 Å². The van der Waals surface area contributed by atoms with Gasteiger partial charge in [-0.1, -0.05) is 176 Å². The van der Waals surface area contributed by atoms with E-state index >= 15 is 0 Å². The van der Waals surface area contributed by atoms with Crippen molar-refractivity contribution in [3.05, 3.63) is 224 Å². The van der Waals surface area contributed by atoms with Crippen molar-refractivity contribution in [1.82, 2.24) is 0 Å². The Bertz CT molecular complexity index is 3270. The van der Waals surface area contributed by atoms with E-state index in [4.69, 9.17) is 0 Å². The van der Waals surface area contributed by atoms with Crippen molar-refractivity contribution in [3.8, 4) is 44.5 Å². The maximum Gasteiger partial charge on any atom is 0.0540 e. The van der Waals surface area contributed by atoms with Gasteiger partial charge in [-0.3, -0.25) is 0 Å². The molecule has 0 spiro atoms. The molecular weight excluding hydrogens is 719 g/mol. The summed E-state index contributed by atoms with van der Waals surface area (Å²) in [6.07, 6.45) is 0. The smallest absolute Gasteiger partial charge is 0.0540 e. The van der Waals surface area contributed by atoms with Gasteiger partial charge in [-0.15, -0.1) is 11.3 Å². The van der Waals surface area contributed by atoms with Crippen molar-refractivity contribution < 1.29 is 0 Å². The monoisotopic (exact) mass is 755 g/mol. The lowest BCUT2D eigenvalue weighted by atomic mass is 9.94. The van der Waals surface area contributed by atoms with Crippen LogP contribution in [0.1, 0.15) is 0 Å². The highest BCUT2D eigenvalue weighted by Crippen LogP contribution is 2.45. The summed E-state index contributed by atoms with van der Waals surface area (Å²) >= 11 is 1.86. The zero-order valence-corrected chi connectivity index (χ0v) is 32.5. The first kappa shape index (κ1) is 34.0. The van der Waals surface area contributed by atoms with Crippen molar-refractivity contribution in [2.24, 2.45) is 0 Å². The molecule has 0 amide bonds. The molecule has 10 aromatic carbocycles. The molecule has 0 aliphatic rings. The molecule has 0 saturated carbocycles. The average Bonchev–Trinajstić information content (AvgIpc) is 3.69. The lowest BCUT2D eigenvalue weighted by molar-refractivity contribution is 1.28. The number of hydrogen-bond donors (Lipinski definition) is 0. The summed E-state index contributed by atoms with van der Waals surface area (Å²) in [7, 11) is 0. The number of anilines is 3. The second-order valence-corrected chi connectivity index (χ2v) is 15.9. The number of rotatable bonds is 7. The largest absolute Gasteiger partial charge is 0.310 e. The van der Waals surface area contributed by atoms with Gasteiger partial charge in [0.2, 0.25) is 0 Å². The van der Waals surface area contributed by atoms with Crippen LogP contribution in [0, 0.1) is 0 Å². The molecule has 0 radical (unpaired) electrons. The van der Waals surface area contributed by atoms with Crippen LogP contribution in [0.15, 0.2) is 224 Å². The van der Waals surface area contributed by atoms with Gasteiger partial charge in [0, 0.05) is 37.1 Å². The highest BCUT2D eigenvalue weighted by atomic mass is 32.1. The number of benzene rings is 10. The lowest BCUT2D eigenvalue weighted by Gasteiger charge is -2.28. The number of thiophene rings is 1. The van der Waals surface area contributed by atoms with Crippen molar-refractivity contribution in [3.63, 3.8) is 0 Å². The van der Waals surface area contributed by atoms with E-state index in [9.17, 15) is 0 Å². The first-order valence-corrected chi connectivity index (χ1v) is 20.7. The topological polar surface area (TPSA) is 3.24 Å². The van der Waals surface area contributed by atoms with Crippen LogP contribution < -0.4 is 4.90 Å². The van der Waals surface area contributed by atoms with Crippen LogP contribution in [0.5, 0.6) is 0 Å². The summed E-state index contributed by atoms with van der Waals surface area (Å²) in [5, 5.41) is 7.64. The van der Waals surface area contributed by atoms with Gasteiger partial charge in [-0.25, -0.2) is 0 Å². The molecule has 0 saturated heterocycles. The molecule has 1 nitrogen and oxygen atoms in total. The molecule has 1 heterocycles. The van der Waals surface area contributed by atoms with Gasteiger partial charge < -0.3 is 4.90 Å². The third kappa shape index (κ3) is 5.94. The van der Waals surface area contributed by atoms with Gasteiger partial charge in [0.15, 0.2) is 0 Å². The molecule has 58 heavy (non-hydrogen) atoms. The molecule has 1 aromatic heterocycles. The first-order chi connectivity index (χ1) is 28.8. The summed E-state index contributed by atoms with van der Waals surface area (Å²) in [5.74, 6) is 0. The molecule has 0 bridgehead atoms. The second-order valence-electron chi connectivity index (χ2n) is 14.9. The molecule has 0 aliphatic heterocycles. The van der Waals surface area contributed by atoms with Gasteiger partial charge in [0.05, 0.1) is 5.69 Å². The van der Waals surface area contributed by atoms with Crippen molar-refractivity contribution in [2.75, 3.05) is 4.90 Å². The zero-order valence-electron chi connectivity index (χ0n) is 31.7. The third-order valence-electron chi connectivity index (χ3n) is 11.5. The quantitative estimate of drug-likeness (QED) is 0.157. The van der Waals surface area contributed by atoms with Crippen LogP contribution in [0.2, 0.25) is 0 Å². The van der Waals surface area contributed by atoms with E-state index in [-0.39, 0.29) is 0 Å². The Hall–Kier alpha value is -7.26. The number of nitrogens with zero attached hydrogens (tertiary/aromatic N) is 1. The maximum atomic E-state index is 2.41. The van der Waals surface area contributed by atoms with E-state index in [0.29, 0.717) is 0 Å². The second kappa shape index (κ2) is 14.4. The Morgan fingerprint density at radius 2 is 0.793 bits per heavy atom. The number of fused-ring (bicyclic) bond motifs is 5. The molecule has 11 rings (SSSR count). The number of hydrogen-bond acceptors (Lipinski definition) is 2. The van der Waals surface area contributed by atoms with Crippen molar-refractivity contribution >= 4 is 70.1 Å². The Labute approximate surface area is 342 Å².